The number of benzene rings is 3. The summed E-state index contributed by atoms with van der Waals surface area (Å²) < 4.78 is 5.54. The van der Waals surface area contributed by atoms with Crippen LogP contribution in [-0.4, -0.2) is 32.9 Å². The molecule has 0 saturated heterocycles. The zero-order valence-corrected chi connectivity index (χ0v) is 16.8. The predicted octanol–water partition coefficient (Wildman–Crippen LogP) is 3.02. The lowest BCUT2D eigenvalue weighted by Gasteiger charge is -2.24. The fourth-order valence-electron chi connectivity index (χ4n) is 3.28. The number of hydrogen-bond acceptors (Lipinski definition) is 2. The van der Waals surface area contributed by atoms with E-state index in [1.807, 2.05) is 42.5 Å². The van der Waals surface area contributed by atoms with Gasteiger partial charge >= 0.3 is 0 Å². The number of thiocarbonyl (C=S) groups is 1. The number of ether oxygens (including phenoxy) is 1. The number of nitrogens with one attached hydrogen (secondary N) is 3. The Bertz CT molecular complexity index is 921. The van der Waals surface area contributed by atoms with E-state index in [0.717, 1.165) is 16.8 Å². The van der Waals surface area contributed by atoms with Crippen LogP contribution in [0.3, 0.4) is 0 Å². The van der Waals surface area contributed by atoms with E-state index in [9.17, 15) is 0 Å². The van der Waals surface area contributed by atoms with Gasteiger partial charge in [0, 0.05) is 11.1 Å². The summed E-state index contributed by atoms with van der Waals surface area (Å²) in [5.74, 6) is 0.901. The Hall–Kier alpha value is -2.63. The summed E-state index contributed by atoms with van der Waals surface area (Å²) >= 11 is 5.55. The standard InChI is InChI=1S/C22H25N3OS/c1-25(2)20(18-12-6-7-14-21(18)26-3)15-23-22(27)24-19-13-8-10-16-9-4-5-11-17(16)19/h4-14,20H,15H2,1-3H3,(H2,23,24,27)/p+1/t20-/m0/s1. The van der Waals surface area contributed by atoms with E-state index in [0.29, 0.717) is 11.7 Å². The van der Waals surface area contributed by atoms with Crippen LogP contribution in [0.15, 0.2) is 66.7 Å². The zero-order valence-electron chi connectivity index (χ0n) is 16.0. The molecule has 3 N–H and O–H groups in total. The van der Waals surface area contributed by atoms with Gasteiger partial charge < -0.3 is 20.3 Å². The highest BCUT2D eigenvalue weighted by molar-refractivity contribution is 7.80. The van der Waals surface area contributed by atoms with Gasteiger partial charge in [-0.15, -0.1) is 0 Å². The lowest BCUT2D eigenvalue weighted by Crippen LogP contribution is -3.07. The third-order valence-corrected chi connectivity index (χ3v) is 4.96. The number of para-hydroxylation sites is 1. The van der Waals surface area contributed by atoms with Gasteiger partial charge in [-0.3, -0.25) is 0 Å². The van der Waals surface area contributed by atoms with Crippen molar-refractivity contribution in [1.82, 2.24) is 5.32 Å². The molecule has 4 nitrogen and oxygen atoms in total. The number of hydrogen-bond donors (Lipinski definition) is 3. The lowest BCUT2D eigenvalue weighted by atomic mass is 10.0. The molecule has 0 saturated carbocycles. The smallest absolute Gasteiger partial charge is 0.171 e. The second kappa shape index (κ2) is 8.84. The number of quaternary nitrogens is 1. The summed E-state index contributed by atoms with van der Waals surface area (Å²) in [6.45, 7) is 0.708. The first-order valence-corrected chi connectivity index (χ1v) is 9.46. The summed E-state index contributed by atoms with van der Waals surface area (Å²) in [5.41, 5.74) is 2.18. The third kappa shape index (κ3) is 4.56. The highest BCUT2D eigenvalue weighted by Gasteiger charge is 2.21. The summed E-state index contributed by atoms with van der Waals surface area (Å²) in [6, 6.07) is 22.8. The van der Waals surface area contributed by atoms with E-state index in [4.69, 9.17) is 17.0 Å². The minimum absolute atomic E-state index is 0.216. The van der Waals surface area contributed by atoms with Crippen molar-refractivity contribution in [3.8, 4) is 5.75 Å². The van der Waals surface area contributed by atoms with E-state index in [1.54, 1.807) is 7.11 Å². The largest absolute Gasteiger partial charge is 0.496 e. The molecule has 0 fully saturated rings. The molecule has 0 heterocycles. The van der Waals surface area contributed by atoms with Crippen molar-refractivity contribution in [2.24, 2.45) is 0 Å². The van der Waals surface area contributed by atoms with E-state index in [2.05, 4.69) is 49.0 Å². The van der Waals surface area contributed by atoms with Gasteiger partial charge in [-0.2, -0.15) is 0 Å². The number of likely N-dealkylation sites (N-methyl/N-ethyl adjacent to an activating group) is 1. The minimum Gasteiger partial charge on any atom is -0.496 e. The summed E-state index contributed by atoms with van der Waals surface area (Å²) in [4.78, 5) is 1.31. The van der Waals surface area contributed by atoms with Crippen molar-refractivity contribution in [3.63, 3.8) is 0 Å². The van der Waals surface area contributed by atoms with Gasteiger partial charge in [0.15, 0.2) is 5.11 Å². The maximum Gasteiger partial charge on any atom is 0.171 e. The van der Waals surface area contributed by atoms with Gasteiger partial charge in [-0.25, -0.2) is 0 Å². The Labute approximate surface area is 166 Å². The van der Waals surface area contributed by atoms with Crippen LogP contribution in [0.25, 0.3) is 10.8 Å². The Morgan fingerprint density at radius 2 is 1.70 bits per heavy atom. The Balaban J connectivity index is 1.71. The molecule has 0 spiro atoms. The van der Waals surface area contributed by atoms with E-state index < -0.39 is 0 Å². The van der Waals surface area contributed by atoms with Gasteiger partial charge in [-0.05, 0) is 35.8 Å². The van der Waals surface area contributed by atoms with Crippen molar-refractivity contribution in [3.05, 3.63) is 72.3 Å². The topological polar surface area (TPSA) is 37.7 Å². The van der Waals surface area contributed by atoms with Crippen molar-refractivity contribution >= 4 is 33.8 Å². The van der Waals surface area contributed by atoms with Gasteiger partial charge in [-0.1, -0.05) is 48.5 Å². The predicted molar refractivity (Wildman–Crippen MR) is 117 cm³/mol. The van der Waals surface area contributed by atoms with Crippen molar-refractivity contribution in [1.29, 1.82) is 0 Å². The van der Waals surface area contributed by atoms with Gasteiger partial charge in [0.25, 0.3) is 0 Å². The molecule has 0 radical (unpaired) electrons. The Morgan fingerprint density at radius 3 is 2.48 bits per heavy atom. The zero-order chi connectivity index (χ0) is 19.2. The van der Waals surface area contributed by atoms with E-state index in [1.165, 1.54) is 15.8 Å². The van der Waals surface area contributed by atoms with Crippen molar-refractivity contribution in [2.75, 3.05) is 33.1 Å². The first-order chi connectivity index (χ1) is 13.1. The molecule has 1 atom stereocenters. The maximum absolute atomic E-state index is 5.55. The summed E-state index contributed by atoms with van der Waals surface area (Å²) in [7, 11) is 5.99. The van der Waals surface area contributed by atoms with Gasteiger partial charge in [0.2, 0.25) is 0 Å². The molecule has 3 aromatic rings. The van der Waals surface area contributed by atoms with Crippen LogP contribution in [0, 0.1) is 0 Å². The summed E-state index contributed by atoms with van der Waals surface area (Å²) in [5, 5.41) is 9.67. The second-order valence-corrected chi connectivity index (χ2v) is 7.14. The molecule has 3 rings (SSSR count). The molecule has 3 aromatic carbocycles. The van der Waals surface area contributed by atoms with Crippen LogP contribution < -0.4 is 20.3 Å². The molecule has 140 valence electrons. The van der Waals surface area contributed by atoms with E-state index in [-0.39, 0.29) is 6.04 Å². The molecule has 0 amide bonds. The van der Waals surface area contributed by atoms with Gasteiger partial charge in [0.1, 0.15) is 11.8 Å². The SMILES string of the molecule is COc1ccccc1[C@H](CNC(=S)Nc1cccc2ccccc12)[NH+](C)C. The highest BCUT2D eigenvalue weighted by atomic mass is 32.1. The normalized spacial score (nSPS) is 12.0. The number of fused-ring (bicyclic) bond motifs is 1. The maximum atomic E-state index is 5.55. The molecular weight excluding hydrogens is 354 g/mol. The Kier molecular flexibility index (Phi) is 6.27. The van der Waals surface area contributed by atoms with Crippen LogP contribution in [0.4, 0.5) is 5.69 Å². The van der Waals surface area contributed by atoms with Crippen LogP contribution in [0.5, 0.6) is 5.75 Å². The first kappa shape index (κ1) is 19.1. The highest BCUT2D eigenvalue weighted by Crippen LogP contribution is 2.24. The molecule has 0 aliphatic heterocycles. The van der Waals surface area contributed by atoms with Crippen molar-refractivity contribution < 1.29 is 9.64 Å². The molecule has 0 aromatic heterocycles. The Morgan fingerprint density at radius 1 is 1.00 bits per heavy atom. The monoisotopic (exact) mass is 380 g/mol. The summed E-state index contributed by atoms with van der Waals surface area (Å²) in [6.07, 6.45) is 0. The number of methoxy groups -OCH3 is 1. The molecule has 5 heteroatoms. The molecule has 0 aliphatic carbocycles. The minimum atomic E-state index is 0.216. The first-order valence-electron chi connectivity index (χ1n) is 9.05. The molecule has 27 heavy (non-hydrogen) atoms. The van der Waals surface area contributed by atoms with Crippen molar-refractivity contribution in [2.45, 2.75) is 6.04 Å². The molecule has 0 bridgehead atoms. The van der Waals surface area contributed by atoms with E-state index >= 15 is 0 Å². The van der Waals surface area contributed by atoms with Crippen LogP contribution in [0.1, 0.15) is 11.6 Å². The molecule has 0 unspecified atom stereocenters. The van der Waals surface area contributed by atoms with Crippen LogP contribution >= 0.6 is 12.2 Å². The average Bonchev–Trinajstić information content (AvgIpc) is 2.68. The fourth-order valence-corrected chi connectivity index (χ4v) is 3.47. The van der Waals surface area contributed by atoms with Gasteiger partial charge in [0.05, 0.1) is 33.3 Å². The fraction of sp³-hybridized carbons (Fsp3) is 0.227. The number of anilines is 1. The second-order valence-electron chi connectivity index (χ2n) is 6.73. The van der Waals surface area contributed by atoms with Crippen LogP contribution in [-0.2, 0) is 0 Å². The number of rotatable bonds is 6. The average molecular weight is 381 g/mol. The lowest BCUT2D eigenvalue weighted by molar-refractivity contribution is -0.890. The third-order valence-electron chi connectivity index (χ3n) is 4.72. The molecular formula is C22H26N3OS+. The molecule has 0 aliphatic rings. The van der Waals surface area contributed by atoms with Crippen LogP contribution in [0.2, 0.25) is 0 Å². The quantitative estimate of drug-likeness (QED) is 0.575.